The first-order valence-corrected chi connectivity index (χ1v) is 5.29. The van der Waals surface area contributed by atoms with E-state index in [4.69, 9.17) is 11.6 Å². The number of benzene rings is 1. The Morgan fingerprint density at radius 3 is 2.22 bits per heavy atom. The third-order valence-corrected chi connectivity index (χ3v) is 2.28. The number of carbonyl (C=O) groups is 2. The first kappa shape index (κ1) is 14.5. The number of amides is 1. The SMILES string of the molecule is O=C(Cl)CC(NC(=O)C(F)(F)F)c1ccccc1. The topological polar surface area (TPSA) is 46.2 Å². The average Bonchev–Trinajstić information content (AvgIpc) is 2.27. The van der Waals surface area contributed by atoms with Crippen LogP contribution in [0.15, 0.2) is 30.3 Å². The van der Waals surface area contributed by atoms with Gasteiger partial charge in [0, 0.05) is 6.42 Å². The first-order valence-electron chi connectivity index (χ1n) is 4.91. The van der Waals surface area contributed by atoms with E-state index in [1.165, 1.54) is 12.1 Å². The lowest BCUT2D eigenvalue weighted by Gasteiger charge is -2.18. The molecule has 1 atom stereocenters. The van der Waals surface area contributed by atoms with Crippen LogP contribution >= 0.6 is 11.6 Å². The van der Waals surface area contributed by atoms with E-state index in [1.807, 2.05) is 0 Å². The first-order chi connectivity index (χ1) is 8.30. The van der Waals surface area contributed by atoms with Crippen molar-refractivity contribution in [1.29, 1.82) is 0 Å². The van der Waals surface area contributed by atoms with Gasteiger partial charge in [-0.15, -0.1) is 0 Å². The van der Waals surface area contributed by atoms with Crippen molar-refractivity contribution in [1.82, 2.24) is 5.32 Å². The van der Waals surface area contributed by atoms with E-state index in [1.54, 1.807) is 23.5 Å². The molecule has 0 fully saturated rings. The Bertz CT molecular complexity index is 434. The van der Waals surface area contributed by atoms with Crippen molar-refractivity contribution in [3.05, 3.63) is 35.9 Å². The lowest BCUT2D eigenvalue weighted by Crippen LogP contribution is -2.39. The fraction of sp³-hybridized carbons (Fsp3) is 0.273. The van der Waals surface area contributed by atoms with E-state index in [2.05, 4.69) is 0 Å². The fourth-order valence-electron chi connectivity index (χ4n) is 1.34. The van der Waals surface area contributed by atoms with Gasteiger partial charge >= 0.3 is 12.1 Å². The Labute approximate surface area is 106 Å². The maximum absolute atomic E-state index is 12.1. The van der Waals surface area contributed by atoms with Crippen LogP contribution in [0.1, 0.15) is 18.0 Å². The molecule has 98 valence electrons. The lowest BCUT2D eigenvalue weighted by atomic mass is 10.0. The third kappa shape index (κ3) is 4.37. The van der Waals surface area contributed by atoms with Crippen molar-refractivity contribution in [2.24, 2.45) is 0 Å². The van der Waals surface area contributed by atoms with Crippen molar-refractivity contribution in [3.63, 3.8) is 0 Å². The van der Waals surface area contributed by atoms with Crippen LogP contribution in [-0.4, -0.2) is 17.3 Å². The van der Waals surface area contributed by atoms with Crippen LogP contribution < -0.4 is 5.32 Å². The summed E-state index contributed by atoms with van der Waals surface area (Å²) in [6, 6.07) is 6.74. The summed E-state index contributed by atoms with van der Waals surface area (Å²) in [4.78, 5) is 21.6. The molecule has 1 unspecified atom stereocenters. The number of alkyl halides is 3. The van der Waals surface area contributed by atoms with Crippen molar-refractivity contribution >= 4 is 22.8 Å². The molecule has 1 amide bonds. The second-order valence-corrected chi connectivity index (χ2v) is 3.92. The summed E-state index contributed by atoms with van der Waals surface area (Å²) < 4.78 is 36.4. The molecule has 0 aliphatic rings. The minimum Gasteiger partial charge on any atom is -0.341 e. The second kappa shape index (κ2) is 5.86. The quantitative estimate of drug-likeness (QED) is 0.861. The van der Waals surface area contributed by atoms with Crippen molar-refractivity contribution in [2.75, 3.05) is 0 Å². The van der Waals surface area contributed by atoms with E-state index in [9.17, 15) is 22.8 Å². The average molecular weight is 280 g/mol. The molecule has 0 heterocycles. The molecule has 3 nitrogen and oxygen atoms in total. The minimum atomic E-state index is -5.00. The summed E-state index contributed by atoms with van der Waals surface area (Å²) in [5, 5.41) is 0.908. The molecular weight excluding hydrogens is 271 g/mol. The smallest absolute Gasteiger partial charge is 0.341 e. The molecule has 1 aromatic rings. The van der Waals surface area contributed by atoms with E-state index in [0.29, 0.717) is 5.56 Å². The molecule has 0 aromatic heterocycles. The second-order valence-electron chi connectivity index (χ2n) is 3.49. The molecule has 0 radical (unpaired) electrons. The van der Waals surface area contributed by atoms with E-state index >= 15 is 0 Å². The lowest BCUT2D eigenvalue weighted by molar-refractivity contribution is -0.174. The largest absolute Gasteiger partial charge is 0.471 e. The number of rotatable bonds is 4. The molecule has 1 N–H and O–H groups in total. The van der Waals surface area contributed by atoms with Gasteiger partial charge in [0.1, 0.15) is 0 Å². The summed E-state index contributed by atoms with van der Waals surface area (Å²) in [6.45, 7) is 0. The van der Waals surface area contributed by atoms with Crippen LogP contribution in [0.4, 0.5) is 13.2 Å². The molecule has 0 spiro atoms. The van der Waals surface area contributed by atoms with E-state index in [-0.39, 0.29) is 0 Å². The number of hydrogen-bond acceptors (Lipinski definition) is 2. The van der Waals surface area contributed by atoms with Crippen LogP contribution in [0, 0.1) is 0 Å². The summed E-state index contributed by atoms with van der Waals surface area (Å²) in [7, 11) is 0. The summed E-state index contributed by atoms with van der Waals surface area (Å²) >= 11 is 5.15. The fourth-order valence-corrected chi connectivity index (χ4v) is 1.49. The van der Waals surface area contributed by atoms with Gasteiger partial charge in [0.25, 0.3) is 0 Å². The Morgan fingerprint density at radius 1 is 1.22 bits per heavy atom. The van der Waals surface area contributed by atoms with Gasteiger partial charge in [-0.25, -0.2) is 0 Å². The van der Waals surface area contributed by atoms with Gasteiger partial charge in [-0.1, -0.05) is 30.3 Å². The molecule has 0 bridgehead atoms. The molecule has 0 saturated carbocycles. The molecule has 1 rings (SSSR count). The highest BCUT2D eigenvalue weighted by molar-refractivity contribution is 6.63. The van der Waals surface area contributed by atoms with E-state index < -0.39 is 29.8 Å². The highest BCUT2D eigenvalue weighted by atomic mass is 35.5. The summed E-state index contributed by atoms with van der Waals surface area (Å²) in [6.07, 6.45) is -5.41. The van der Waals surface area contributed by atoms with Crippen LogP contribution in [0.5, 0.6) is 0 Å². The zero-order valence-electron chi connectivity index (χ0n) is 9.00. The predicted molar refractivity (Wildman–Crippen MR) is 58.9 cm³/mol. The van der Waals surface area contributed by atoms with Crippen LogP contribution in [-0.2, 0) is 9.59 Å². The maximum atomic E-state index is 12.1. The highest BCUT2D eigenvalue weighted by Gasteiger charge is 2.40. The number of hydrogen-bond donors (Lipinski definition) is 1. The van der Waals surface area contributed by atoms with Gasteiger partial charge in [-0.05, 0) is 17.2 Å². The Kier molecular flexibility index (Phi) is 4.72. The molecule has 1 aromatic carbocycles. The third-order valence-electron chi connectivity index (χ3n) is 2.13. The number of carbonyl (C=O) groups excluding carboxylic acids is 2. The Balaban J connectivity index is 2.87. The molecule has 0 aliphatic heterocycles. The predicted octanol–water partition coefficient (Wildman–Crippen LogP) is 2.56. The molecule has 0 saturated heterocycles. The minimum absolute atomic E-state index is 0.379. The molecule has 0 aliphatic carbocycles. The normalized spacial score (nSPS) is 12.9. The van der Waals surface area contributed by atoms with Crippen LogP contribution in [0.3, 0.4) is 0 Å². The summed E-state index contributed by atoms with van der Waals surface area (Å²) in [5.74, 6) is -2.10. The number of nitrogens with one attached hydrogen (secondary N) is 1. The van der Waals surface area contributed by atoms with E-state index in [0.717, 1.165) is 0 Å². The Hall–Kier alpha value is -1.56. The monoisotopic (exact) mass is 279 g/mol. The van der Waals surface area contributed by atoms with Crippen molar-refractivity contribution < 1.29 is 22.8 Å². The zero-order valence-corrected chi connectivity index (χ0v) is 9.76. The Morgan fingerprint density at radius 2 is 1.78 bits per heavy atom. The van der Waals surface area contributed by atoms with Crippen LogP contribution in [0.25, 0.3) is 0 Å². The van der Waals surface area contributed by atoms with Gasteiger partial charge in [-0.3, -0.25) is 9.59 Å². The van der Waals surface area contributed by atoms with Crippen LogP contribution in [0.2, 0.25) is 0 Å². The molecular formula is C11H9ClF3NO2. The van der Waals surface area contributed by atoms with Gasteiger partial charge in [0.15, 0.2) is 0 Å². The molecule has 7 heteroatoms. The molecule has 18 heavy (non-hydrogen) atoms. The zero-order chi connectivity index (χ0) is 13.8. The van der Waals surface area contributed by atoms with Crippen molar-refractivity contribution in [2.45, 2.75) is 18.6 Å². The maximum Gasteiger partial charge on any atom is 0.471 e. The van der Waals surface area contributed by atoms with Gasteiger partial charge in [0.2, 0.25) is 5.24 Å². The van der Waals surface area contributed by atoms with Gasteiger partial charge < -0.3 is 5.32 Å². The van der Waals surface area contributed by atoms with Crippen molar-refractivity contribution in [3.8, 4) is 0 Å². The highest BCUT2D eigenvalue weighted by Crippen LogP contribution is 2.21. The van der Waals surface area contributed by atoms with Gasteiger partial charge in [0.05, 0.1) is 6.04 Å². The van der Waals surface area contributed by atoms with Gasteiger partial charge in [-0.2, -0.15) is 13.2 Å². The summed E-state index contributed by atoms with van der Waals surface area (Å²) in [5.41, 5.74) is 0.379. The number of halogens is 4. The standard InChI is InChI=1S/C11H9ClF3NO2/c12-9(17)6-8(7-4-2-1-3-5-7)16-10(18)11(13,14)15/h1-5,8H,6H2,(H,16,18).